The topological polar surface area (TPSA) is 163 Å². The molecule has 3 rings (SSSR count). The maximum atomic E-state index is 10.8. The molecule has 0 bridgehead atoms. The van der Waals surface area contributed by atoms with E-state index in [0.29, 0.717) is 5.56 Å². The maximum absolute atomic E-state index is 10.8. The van der Waals surface area contributed by atoms with Gasteiger partial charge in [0.2, 0.25) is 0 Å². The van der Waals surface area contributed by atoms with Gasteiger partial charge >= 0.3 is 0 Å². The lowest BCUT2D eigenvalue weighted by Crippen LogP contribution is -2.58. The van der Waals surface area contributed by atoms with Crippen molar-refractivity contribution in [2.45, 2.75) is 36.8 Å². The monoisotopic (exact) mass is 383 g/mol. The summed E-state index contributed by atoms with van der Waals surface area (Å²) < 4.78 is 9.86. The van der Waals surface area contributed by atoms with Crippen molar-refractivity contribution in [3.8, 4) is 0 Å². The molecule has 2 heterocycles. The molecule has 0 aliphatic carbocycles. The molecule has 27 heavy (non-hydrogen) atoms. The number of para-hydroxylation sites is 1. The summed E-state index contributed by atoms with van der Waals surface area (Å²) in [6.45, 7) is -0.526. The van der Waals surface area contributed by atoms with E-state index in [1.54, 1.807) is 30.4 Å². The standard InChI is InChI=1S/C11H9NO3.C6H12O6/c13-12(14)10-6-2-1-5-9(10)11-7-3-4-8-15-11;7-1-2-3(8)4(9)5(10)6(11)12-2/h1-8,11H;2-11H,1H2/t;2-,3+,4+,5-,6?/m.1/s1. The van der Waals surface area contributed by atoms with Crippen LogP contribution in [0.2, 0.25) is 0 Å². The van der Waals surface area contributed by atoms with Crippen molar-refractivity contribution >= 4 is 5.69 Å². The minimum absolute atomic E-state index is 0.0856. The van der Waals surface area contributed by atoms with Crippen LogP contribution < -0.4 is 0 Å². The summed E-state index contributed by atoms with van der Waals surface area (Å²) >= 11 is 0. The van der Waals surface area contributed by atoms with E-state index in [-0.39, 0.29) is 11.8 Å². The van der Waals surface area contributed by atoms with Gasteiger partial charge in [-0.3, -0.25) is 10.1 Å². The van der Waals surface area contributed by atoms with Crippen LogP contribution >= 0.6 is 0 Å². The second-order valence-corrected chi connectivity index (χ2v) is 5.81. The van der Waals surface area contributed by atoms with Crippen molar-refractivity contribution in [1.82, 2.24) is 0 Å². The van der Waals surface area contributed by atoms with Gasteiger partial charge in [-0.2, -0.15) is 0 Å². The molecule has 5 N–H and O–H groups in total. The lowest BCUT2D eigenvalue weighted by atomic mass is 10.00. The third kappa shape index (κ3) is 5.10. The average molecular weight is 383 g/mol. The van der Waals surface area contributed by atoms with Crippen molar-refractivity contribution < 1.29 is 39.9 Å². The van der Waals surface area contributed by atoms with E-state index in [1.807, 2.05) is 6.08 Å². The van der Waals surface area contributed by atoms with E-state index in [0.717, 1.165) is 0 Å². The number of rotatable bonds is 3. The number of allylic oxidation sites excluding steroid dienone is 2. The van der Waals surface area contributed by atoms with Crippen LogP contribution in [-0.4, -0.2) is 67.8 Å². The van der Waals surface area contributed by atoms with Gasteiger partial charge in [0, 0.05) is 6.07 Å². The van der Waals surface area contributed by atoms with Gasteiger partial charge in [-0.1, -0.05) is 18.2 Å². The van der Waals surface area contributed by atoms with E-state index in [4.69, 9.17) is 30.3 Å². The predicted octanol–water partition coefficient (Wildman–Crippen LogP) is -0.485. The van der Waals surface area contributed by atoms with Crippen LogP contribution in [0.4, 0.5) is 5.69 Å². The number of benzene rings is 1. The first-order valence-electron chi connectivity index (χ1n) is 8.07. The Kier molecular flexibility index (Phi) is 7.42. The summed E-state index contributed by atoms with van der Waals surface area (Å²) in [5, 5.41) is 55.4. The third-order valence-electron chi connectivity index (χ3n) is 4.01. The first-order valence-corrected chi connectivity index (χ1v) is 8.07. The third-order valence-corrected chi connectivity index (χ3v) is 4.01. The molecule has 10 heteroatoms. The molecule has 10 nitrogen and oxygen atoms in total. The summed E-state index contributed by atoms with van der Waals surface area (Å²) in [4.78, 5) is 10.4. The number of ether oxygens (including phenoxy) is 2. The van der Waals surface area contributed by atoms with Crippen LogP contribution in [0.1, 0.15) is 11.7 Å². The van der Waals surface area contributed by atoms with E-state index in [2.05, 4.69) is 4.74 Å². The second kappa shape index (κ2) is 9.55. The molecule has 1 fully saturated rings. The number of nitro groups is 1. The van der Waals surface area contributed by atoms with Crippen molar-refractivity contribution in [3.63, 3.8) is 0 Å². The molecule has 0 aromatic heterocycles. The Morgan fingerprint density at radius 1 is 1.04 bits per heavy atom. The average Bonchev–Trinajstić information content (AvgIpc) is 2.70. The number of hydrogen-bond acceptors (Lipinski definition) is 9. The summed E-state index contributed by atoms with van der Waals surface area (Å²) in [5.74, 6) is 0. The molecule has 1 aromatic rings. The zero-order valence-corrected chi connectivity index (χ0v) is 14.1. The quantitative estimate of drug-likeness (QED) is 0.342. The Morgan fingerprint density at radius 2 is 1.74 bits per heavy atom. The van der Waals surface area contributed by atoms with Crippen molar-refractivity contribution in [3.05, 3.63) is 64.4 Å². The predicted molar refractivity (Wildman–Crippen MR) is 91.2 cm³/mol. The molecular weight excluding hydrogens is 362 g/mol. The Labute approximate surface area is 154 Å². The lowest BCUT2D eigenvalue weighted by molar-refractivity contribution is -0.386. The fraction of sp³-hybridized carbons (Fsp3) is 0.412. The molecule has 6 atom stereocenters. The lowest BCUT2D eigenvalue weighted by Gasteiger charge is -2.37. The van der Waals surface area contributed by atoms with Crippen molar-refractivity contribution in [1.29, 1.82) is 0 Å². The number of nitrogens with zero attached hydrogens (tertiary/aromatic N) is 1. The molecule has 1 aromatic carbocycles. The Morgan fingerprint density at radius 3 is 2.33 bits per heavy atom. The van der Waals surface area contributed by atoms with Crippen LogP contribution in [-0.2, 0) is 9.47 Å². The molecule has 2 aliphatic heterocycles. The highest BCUT2D eigenvalue weighted by Crippen LogP contribution is 2.29. The van der Waals surface area contributed by atoms with Gasteiger partial charge in [0.05, 0.1) is 23.4 Å². The van der Waals surface area contributed by atoms with Crippen LogP contribution in [0.15, 0.2) is 48.8 Å². The zero-order valence-electron chi connectivity index (χ0n) is 14.1. The van der Waals surface area contributed by atoms with E-state index in [9.17, 15) is 10.1 Å². The molecular formula is C17H21NO9. The minimum Gasteiger partial charge on any atom is -0.489 e. The van der Waals surface area contributed by atoms with E-state index < -0.39 is 42.2 Å². The minimum atomic E-state index is -1.57. The first-order chi connectivity index (χ1) is 12.9. The first kappa shape index (κ1) is 21.0. The molecule has 2 aliphatic rings. The fourth-order valence-electron chi connectivity index (χ4n) is 2.54. The van der Waals surface area contributed by atoms with Crippen molar-refractivity contribution in [2.75, 3.05) is 6.61 Å². The molecule has 0 spiro atoms. The largest absolute Gasteiger partial charge is 0.489 e. The molecule has 2 unspecified atom stereocenters. The second-order valence-electron chi connectivity index (χ2n) is 5.81. The smallest absolute Gasteiger partial charge is 0.276 e. The highest BCUT2D eigenvalue weighted by atomic mass is 16.6. The van der Waals surface area contributed by atoms with Crippen LogP contribution in [0.3, 0.4) is 0 Å². The summed E-state index contributed by atoms with van der Waals surface area (Å²) in [6.07, 6.45) is -0.544. The van der Waals surface area contributed by atoms with Crippen LogP contribution in [0.25, 0.3) is 0 Å². The number of aliphatic hydroxyl groups excluding tert-OH is 5. The van der Waals surface area contributed by atoms with Gasteiger partial charge in [0.25, 0.3) is 5.69 Å². The zero-order chi connectivity index (χ0) is 20.0. The SMILES string of the molecule is O=[N+]([O-])c1ccccc1C1C=CC=CO1.OC[C@H]1OC(O)[C@H](O)[C@@H](O)[C@H]1O. The Hall–Kier alpha value is -2.34. The Bertz CT molecular complexity index is 688. The molecule has 0 radical (unpaired) electrons. The van der Waals surface area contributed by atoms with Gasteiger partial charge in [0.1, 0.15) is 30.5 Å². The number of aliphatic hydroxyl groups is 5. The molecule has 148 valence electrons. The summed E-state index contributed by atoms with van der Waals surface area (Å²) in [7, 11) is 0. The van der Waals surface area contributed by atoms with Gasteiger partial charge in [0.15, 0.2) is 6.29 Å². The molecule has 0 saturated carbocycles. The highest BCUT2D eigenvalue weighted by molar-refractivity contribution is 5.43. The van der Waals surface area contributed by atoms with Crippen LogP contribution in [0, 0.1) is 10.1 Å². The fourth-order valence-corrected chi connectivity index (χ4v) is 2.54. The van der Waals surface area contributed by atoms with E-state index in [1.165, 1.54) is 12.3 Å². The van der Waals surface area contributed by atoms with Gasteiger partial charge < -0.3 is 35.0 Å². The van der Waals surface area contributed by atoms with E-state index >= 15 is 0 Å². The normalized spacial score (nSPS) is 32.2. The molecule has 0 amide bonds. The van der Waals surface area contributed by atoms with Gasteiger partial charge in [-0.25, -0.2) is 0 Å². The maximum Gasteiger partial charge on any atom is 0.276 e. The van der Waals surface area contributed by atoms with Crippen molar-refractivity contribution in [2.24, 2.45) is 0 Å². The molecule has 1 saturated heterocycles. The van der Waals surface area contributed by atoms with Gasteiger partial charge in [-0.05, 0) is 18.2 Å². The summed E-state index contributed by atoms with van der Waals surface area (Å²) in [6, 6.07) is 6.58. The van der Waals surface area contributed by atoms with Gasteiger partial charge in [-0.15, -0.1) is 0 Å². The summed E-state index contributed by atoms with van der Waals surface area (Å²) in [5.41, 5.74) is 0.658. The highest BCUT2D eigenvalue weighted by Gasteiger charge is 2.42. The van der Waals surface area contributed by atoms with Crippen LogP contribution in [0.5, 0.6) is 0 Å². The Balaban J connectivity index is 0.000000199. The number of nitro benzene ring substituents is 1. The number of hydrogen-bond donors (Lipinski definition) is 5.